The molecule has 1 atom stereocenters. The van der Waals surface area contributed by atoms with Crippen molar-refractivity contribution in [1.82, 2.24) is 5.32 Å². The van der Waals surface area contributed by atoms with E-state index in [9.17, 15) is 0 Å². The van der Waals surface area contributed by atoms with Gasteiger partial charge in [0, 0.05) is 24.6 Å². The highest BCUT2D eigenvalue weighted by molar-refractivity contribution is 5.54. The fraction of sp³-hybridized carbons (Fsp3) is 0.444. The number of nitrogens with one attached hydrogen (secondary N) is 1. The molecule has 0 radical (unpaired) electrons. The first kappa shape index (κ1) is 14.5. The number of aryl methyl sites for hydroxylation is 1. The Hall–Kier alpha value is -2.14. The maximum Gasteiger partial charge on any atom is 0.203 e. The average molecular weight is 315 g/mol. The van der Waals surface area contributed by atoms with Crippen molar-refractivity contribution >= 4 is 0 Å². The number of benzene rings is 1. The second kappa shape index (κ2) is 6.16. The van der Waals surface area contributed by atoms with E-state index in [0.29, 0.717) is 25.0 Å². The van der Waals surface area contributed by atoms with E-state index in [0.717, 1.165) is 48.6 Å². The number of furan rings is 1. The number of hydrogen-bond acceptors (Lipinski definition) is 5. The van der Waals surface area contributed by atoms with Crippen LogP contribution in [0.15, 0.2) is 28.9 Å². The molecule has 1 N–H and O–H groups in total. The topological polar surface area (TPSA) is 52.9 Å². The third kappa shape index (κ3) is 2.77. The van der Waals surface area contributed by atoms with E-state index in [2.05, 4.69) is 11.4 Å². The molecule has 0 saturated heterocycles. The van der Waals surface area contributed by atoms with Gasteiger partial charge in [-0.3, -0.25) is 0 Å². The fourth-order valence-corrected chi connectivity index (χ4v) is 3.37. The van der Waals surface area contributed by atoms with Gasteiger partial charge in [-0.25, -0.2) is 0 Å². The number of rotatable bonds is 4. The highest BCUT2D eigenvalue weighted by atomic mass is 16.6. The van der Waals surface area contributed by atoms with E-state index in [1.807, 2.05) is 12.1 Å². The van der Waals surface area contributed by atoms with Gasteiger partial charge in [0.15, 0.2) is 11.5 Å². The largest absolute Gasteiger partial charge is 0.493 e. The van der Waals surface area contributed by atoms with E-state index in [1.165, 1.54) is 5.56 Å². The molecule has 1 unspecified atom stereocenters. The standard InChI is InChI=1S/C18H21NO4/c1-20-16-9-12(10-17-18(16)23-8-7-22-17)11-19-14-3-2-4-15-13(14)5-6-21-15/h5-6,9-10,14,19H,2-4,7-8,11H2,1H3. The molecular weight excluding hydrogens is 294 g/mol. The van der Waals surface area contributed by atoms with Gasteiger partial charge in [0.05, 0.1) is 13.4 Å². The van der Waals surface area contributed by atoms with Crippen LogP contribution in [0.2, 0.25) is 0 Å². The Labute approximate surface area is 135 Å². The number of hydrogen-bond donors (Lipinski definition) is 1. The lowest BCUT2D eigenvalue weighted by atomic mass is 9.93. The number of fused-ring (bicyclic) bond motifs is 2. The molecule has 1 aliphatic heterocycles. The summed E-state index contributed by atoms with van der Waals surface area (Å²) in [7, 11) is 1.66. The summed E-state index contributed by atoms with van der Waals surface area (Å²) in [6.07, 6.45) is 5.12. The van der Waals surface area contributed by atoms with Crippen LogP contribution in [0.25, 0.3) is 0 Å². The zero-order chi connectivity index (χ0) is 15.6. The highest BCUT2D eigenvalue weighted by Gasteiger charge is 2.23. The lowest BCUT2D eigenvalue weighted by molar-refractivity contribution is 0.165. The molecule has 5 nitrogen and oxygen atoms in total. The monoisotopic (exact) mass is 315 g/mol. The first-order valence-electron chi connectivity index (χ1n) is 8.11. The van der Waals surface area contributed by atoms with Crippen LogP contribution in [0.5, 0.6) is 17.2 Å². The number of ether oxygens (including phenoxy) is 3. The molecule has 0 fully saturated rings. The minimum absolute atomic E-state index is 0.344. The summed E-state index contributed by atoms with van der Waals surface area (Å²) in [5, 5.41) is 3.63. The van der Waals surface area contributed by atoms with Crippen molar-refractivity contribution in [3.63, 3.8) is 0 Å². The maximum absolute atomic E-state index is 5.69. The van der Waals surface area contributed by atoms with Crippen molar-refractivity contribution in [3.8, 4) is 17.2 Å². The second-order valence-corrected chi connectivity index (χ2v) is 5.95. The summed E-state index contributed by atoms with van der Waals surface area (Å²) < 4.78 is 22.3. The Morgan fingerprint density at radius 1 is 1.26 bits per heavy atom. The Kier molecular flexibility index (Phi) is 3.87. The van der Waals surface area contributed by atoms with Gasteiger partial charge in [-0.2, -0.15) is 0 Å². The van der Waals surface area contributed by atoms with Crippen LogP contribution in [-0.2, 0) is 13.0 Å². The summed E-state index contributed by atoms with van der Waals surface area (Å²) in [5.41, 5.74) is 2.42. The number of methoxy groups -OCH3 is 1. The van der Waals surface area contributed by atoms with Gasteiger partial charge in [0.1, 0.15) is 19.0 Å². The van der Waals surface area contributed by atoms with E-state index in [-0.39, 0.29) is 0 Å². The predicted octanol–water partition coefficient (Wildman–Crippen LogP) is 3.23. The lowest BCUT2D eigenvalue weighted by Gasteiger charge is -2.24. The van der Waals surface area contributed by atoms with Gasteiger partial charge < -0.3 is 23.9 Å². The van der Waals surface area contributed by atoms with Crippen LogP contribution in [0.1, 0.15) is 35.8 Å². The molecule has 2 aliphatic rings. The van der Waals surface area contributed by atoms with Gasteiger partial charge in [-0.15, -0.1) is 0 Å². The lowest BCUT2D eigenvalue weighted by Crippen LogP contribution is -2.24. The molecule has 0 bridgehead atoms. The maximum atomic E-state index is 5.69. The molecule has 4 rings (SSSR count). The normalized spacial score (nSPS) is 19.3. The Morgan fingerprint density at radius 3 is 3.09 bits per heavy atom. The molecule has 2 heterocycles. The zero-order valence-corrected chi connectivity index (χ0v) is 13.3. The summed E-state index contributed by atoms with van der Waals surface area (Å²) >= 11 is 0. The van der Waals surface area contributed by atoms with Crippen molar-refractivity contribution in [2.24, 2.45) is 0 Å². The minimum Gasteiger partial charge on any atom is -0.493 e. The molecule has 5 heteroatoms. The van der Waals surface area contributed by atoms with Crippen LogP contribution in [-0.4, -0.2) is 20.3 Å². The fourth-order valence-electron chi connectivity index (χ4n) is 3.37. The molecule has 0 spiro atoms. The first-order valence-corrected chi connectivity index (χ1v) is 8.11. The van der Waals surface area contributed by atoms with Gasteiger partial charge >= 0.3 is 0 Å². The molecule has 1 aliphatic carbocycles. The van der Waals surface area contributed by atoms with Crippen LogP contribution in [0, 0.1) is 0 Å². The predicted molar refractivity (Wildman–Crippen MR) is 85.2 cm³/mol. The summed E-state index contributed by atoms with van der Waals surface area (Å²) in [5.74, 6) is 3.32. The van der Waals surface area contributed by atoms with E-state index in [1.54, 1.807) is 13.4 Å². The van der Waals surface area contributed by atoms with Crippen molar-refractivity contribution in [1.29, 1.82) is 0 Å². The van der Waals surface area contributed by atoms with E-state index in [4.69, 9.17) is 18.6 Å². The van der Waals surface area contributed by atoms with Crippen molar-refractivity contribution in [2.75, 3.05) is 20.3 Å². The van der Waals surface area contributed by atoms with Crippen LogP contribution in [0.3, 0.4) is 0 Å². The van der Waals surface area contributed by atoms with Gasteiger partial charge in [0.2, 0.25) is 5.75 Å². The van der Waals surface area contributed by atoms with E-state index >= 15 is 0 Å². The Balaban J connectivity index is 1.52. The molecule has 2 aromatic rings. The molecule has 23 heavy (non-hydrogen) atoms. The van der Waals surface area contributed by atoms with Crippen LogP contribution in [0.4, 0.5) is 0 Å². The molecule has 1 aromatic carbocycles. The minimum atomic E-state index is 0.344. The smallest absolute Gasteiger partial charge is 0.203 e. The third-order valence-electron chi connectivity index (χ3n) is 4.49. The summed E-state index contributed by atoms with van der Waals surface area (Å²) in [4.78, 5) is 0. The van der Waals surface area contributed by atoms with Gasteiger partial charge in [0.25, 0.3) is 0 Å². The van der Waals surface area contributed by atoms with E-state index < -0.39 is 0 Å². The van der Waals surface area contributed by atoms with Crippen molar-refractivity contribution < 1.29 is 18.6 Å². The third-order valence-corrected chi connectivity index (χ3v) is 4.49. The van der Waals surface area contributed by atoms with Crippen LogP contribution >= 0.6 is 0 Å². The molecular formula is C18H21NO4. The highest BCUT2D eigenvalue weighted by Crippen LogP contribution is 2.40. The molecule has 0 saturated carbocycles. The van der Waals surface area contributed by atoms with Crippen molar-refractivity contribution in [3.05, 3.63) is 41.3 Å². The SMILES string of the molecule is COc1cc(CNC2CCCc3occc32)cc2c1OCCO2. The zero-order valence-electron chi connectivity index (χ0n) is 13.3. The quantitative estimate of drug-likeness (QED) is 0.939. The average Bonchev–Trinajstić information content (AvgIpc) is 3.08. The van der Waals surface area contributed by atoms with Gasteiger partial charge in [-0.1, -0.05) is 0 Å². The Morgan fingerprint density at radius 2 is 2.17 bits per heavy atom. The van der Waals surface area contributed by atoms with Crippen LogP contribution < -0.4 is 19.5 Å². The molecule has 122 valence electrons. The first-order chi connectivity index (χ1) is 11.3. The van der Waals surface area contributed by atoms with Crippen molar-refractivity contribution in [2.45, 2.75) is 31.8 Å². The Bertz CT molecular complexity index is 677. The van der Waals surface area contributed by atoms with Gasteiger partial charge in [-0.05, 0) is 36.6 Å². The molecule has 0 amide bonds. The molecule has 1 aromatic heterocycles. The summed E-state index contributed by atoms with van der Waals surface area (Å²) in [6, 6.07) is 6.47. The summed E-state index contributed by atoms with van der Waals surface area (Å²) in [6.45, 7) is 1.89. The second-order valence-electron chi connectivity index (χ2n) is 5.95.